The second kappa shape index (κ2) is 7.42. The van der Waals surface area contributed by atoms with Crippen LogP contribution in [0.3, 0.4) is 0 Å². The lowest BCUT2D eigenvalue weighted by Crippen LogP contribution is -2.32. The lowest BCUT2D eigenvalue weighted by Gasteiger charge is -2.35. The van der Waals surface area contributed by atoms with Crippen LogP contribution in [-0.2, 0) is 6.54 Å². The van der Waals surface area contributed by atoms with E-state index in [1.54, 1.807) is 35.3 Å². The van der Waals surface area contributed by atoms with E-state index in [1.807, 2.05) is 4.57 Å². The van der Waals surface area contributed by atoms with Crippen molar-refractivity contribution in [2.24, 2.45) is 0 Å². The first kappa shape index (κ1) is 19.6. The second-order valence-corrected chi connectivity index (χ2v) is 8.17. The second-order valence-electron chi connectivity index (χ2n) is 7.32. The molecule has 2 atom stereocenters. The Hall–Kier alpha value is -3.33. The van der Waals surface area contributed by atoms with Crippen molar-refractivity contribution < 1.29 is 13.9 Å². The van der Waals surface area contributed by atoms with Gasteiger partial charge in [-0.25, -0.2) is 13.8 Å². The minimum absolute atomic E-state index is 0.207. The minimum atomic E-state index is -0.609. The molecule has 6 nitrogen and oxygen atoms in total. The number of imidazole rings is 1. The molecule has 2 aromatic carbocycles. The molecule has 0 bridgehead atoms. The first-order chi connectivity index (χ1) is 14.9. The molecule has 0 saturated heterocycles. The Morgan fingerprint density at radius 2 is 1.87 bits per heavy atom. The lowest BCUT2D eigenvalue weighted by molar-refractivity contribution is 0.330. The third-order valence-electron chi connectivity index (χ3n) is 5.52. The molecule has 9 heteroatoms. The molecule has 3 heterocycles. The zero-order valence-electron chi connectivity index (χ0n) is 15.9. The van der Waals surface area contributed by atoms with E-state index in [-0.39, 0.29) is 11.5 Å². The van der Waals surface area contributed by atoms with Crippen LogP contribution in [0, 0.1) is 11.6 Å². The summed E-state index contributed by atoms with van der Waals surface area (Å²) in [5.74, 6) is -1.19. The fraction of sp³-hybridized carbons (Fsp3) is 0.136. The van der Waals surface area contributed by atoms with Crippen molar-refractivity contribution in [1.29, 1.82) is 0 Å². The molecule has 1 N–H and O–H groups in total. The molecule has 31 heavy (non-hydrogen) atoms. The normalized spacial score (nSPS) is 15.9. The van der Waals surface area contributed by atoms with Crippen LogP contribution in [0.25, 0.3) is 11.5 Å². The average molecular weight is 485 g/mol. The quantitative estimate of drug-likeness (QED) is 0.472. The third kappa shape index (κ3) is 3.25. The molecule has 0 unspecified atom stereocenters. The summed E-state index contributed by atoms with van der Waals surface area (Å²) >= 11 is 3.45. The number of hydrogen-bond donors (Lipinski definition) is 1. The van der Waals surface area contributed by atoms with Gasteiger partial charge in [-0.3, -0.25) is 9.48 Å². The summed E-state index contributed by atoms with van der Waals surface area (Å²) in [6, 6.07) is 10.0. The fourth-order valence-electron chi connectivity index (χ4n) is 4.15. The standard InChI is InChI=1S/C22H15BrF2N4O2/c23-16-9-14(25)5-6-15(16)19(12-1-3-13(24)4-2-12)17-11-28-8-7-26-22(28)20-21(31)18(30)10-27-29(17)20/h1-10,17,19,31H,11H2/t17-,19-/m1/s1. The first-order valence-electron chi connectivity index (χ1n) is 9.46. The van der Waals surface area contributed by atoms with Gasteiger partial charge in [-0.2, -0.15) is 5.10 Å². The Labute approximate surface area is 183 Å². The predicted molar refractivity (Wildman–Crippen MR) is 113 cm³/mol. The van der Waals surface area contributed by atoms with E-state index in [4.69, 9.17) is 0 Å². The van der Waals surface area contributed by atoms with Crippen LogP contribution in [0.2, 0.25) is 0 Å². The molecule has 0 saturated carbocycles. The van der Waals surface area contributed by atoms with Crippen molar-refractivity contribution in [3.8, 4) is 17.3 Å². The molecule has 2 aromatic heterocycles. The van der Waals surface area contributed by atoms with E-state index < -0.39 is 29.0 Å². The molecule has 0 aliphatic carbocycles. The summed E-state index contributed by atoms with van der Waals surface area (Å²) in [7, 11) is 0. The summed E-state index contributed by atoms with van der Waals surface area (Å²) in [4.78, 5) is 16.4. The number of hydrogen-bond acceptors (Lipinski definition) is 4. The van der Waals surface area contributed by atoms with Gasteiger partial charge in [0.15, 0.2) is 11.6 Å². The van der Waals surface area contributed by atoms with Crippen molar-refractivity contribution in [3.63, 3.8) is 0 Å². The van der Waals surface area contributed by atoms with Crippen LogP contribution < -0.4 is 5.43 Å². The topological polar surface area (TPSA) is 72.9 Å². The number of benzene rings is 2. The number of rotatable bonds is 3. The van der Waals surface area contributed by atoms with Gasteiger partial charge in [-0.1, -0.05) is 34.1 Å². The molecule has 156 valence electrons. The molecule has 5 rings (SSSR count). The largest absolute Gasteiger partial charge is 0.503 e. The molecule has 1 aliphatic heterocycles. The van der Waals surface area contributed by atoms with Gasteiger partial charge >= 0.3 is 0 Å². The van der Waals surface area contributed by atoms with Crippen LogP contribution in [0.4, 0.5) is 8.78 Å². The molecule has 0 spiro atoms. The smallest absolute Gasteiger partial charge is 0.242 e. The molecule has 0 amide bonds. The van der Waals surface area contributed by atoms with Crippen molar-refractivity contribution in [2.75, 3.05) is 0 Å². The van der Waals surface area contributed by atoms with Gasteiger partial charge in [0, 0.05) is 29.3 Å². The molecule has 0 fully saturated rings. The zero-order valence-corrected chi connectivity index (χ0v) is 17.5. The highest BCUT2D eigenvalue weighted by Crippen LogP contribution is 2.44. The summed E-state index contributed by atoms with van der Waals surface area (Å²) in [5.41, 5.74) is 1.13. The highest BCUT2D eigenvalue weighted by Gasteiger charge is 2.36. The number of aromatic nitrogens is 4. The Morgan fingerprint density at radius 1 is 1.13 bits per heavy atom. The van der Waals surface area contributed by atoms with Crippen LogP contribution >= 0.6 is 15.9 Å². The van der Waals surface area contributed by atoms with E-state index >= 15 is 0 Å². The average Bonchev–Trinajstić information content (AvgIpc) is 3.22. The minimum Gasteiger partial charge on any atom is -0.503 e. The third-order valence-corrected chi connectivity index (χ3v) is 6.21. The Bertz CT molecular complexity index is 1350. The molecule has 1 aliphatic rings. The summed E-state index contributed by atoms with van der Waals surface area (Å²) < 4.78 is 31.4. The van der Waals surface area contributed by atoms with Gasteiger partial charge in [0.1, 0.15) is 17.3 Å². The molecule has 0 radical (unpaired) electrons. The molecule has 4 aromatic rings. The molecular formula is C22H15BrF2N4O2. The number of halogens is 3. The van der Waals surface area contributed by atoms with Crippen LogP contribution in [-0.4, -0.2) is 24.4 Å². The first-order valence-corrected chi connectivity index (χ1v) is 10.3. The predicted octanol–water partition coefficient (Wildman–Crippen LogP) is 4.24. The Morgan fingerprint density at radius 3 is 2.61 bits per heavy atom. The number of nitrogens with zero attached hydrogens (tertiary/aromatic N) is 4. The van der Waals surface area contributed by atoms with Gasteiger partial charge in [0.2, 0.25) is 5.43 Å². The Balaban J connectivity index is 1.77. The summed E-state index contributed by atoms with van der Waals surface area (Å²) in [5, 5.41) is 14.8. The van der Waals surface area contributed by atoms with Crippen LogP contribution in [0.5, 0.6) is 5.75 Å². The van der Waals surface area contributed by atoms with Gasteiger partial charge in [-0.15, -0.1) is 0 Å². The summed E-state index contributed by atoms with van der Waals surface area (Å²) in [6.07, 6.45) is 4.40. The van der Waals surface area contributed by atoms with Gasteiger partial charge in [-0.05, 0) is 35.4 Å². The summed E-state index contributed by atoms with van der Waals surface area (Å²) in [6.45, 7) is 0.420. The Kier molecular flexibility index (Phi) is 4.70. The lowest BCUT2D eigenvalue weighted by atomic mass is 9.84. The maximum absolute atomic E-state index is 13.8. The van der Waals surface area contributed by atoms with E-state index in [9.17, 15) is 18.7 Å². The van der Waals surface area contributed by atoms with Crippen molar-refractivity contribution >= 4 is 15.9 Å². The zero-order chi connectivity index (χ0) is 21.7. The van der Waals surface area contributed by atoms with Crippen LogP contribution in [0.15, 0.2) is 70.3 Å². The van der Waals surface area contributed by atoms with E-state index in [2.05, 4.69) is 26.0 Å². The number of aromatic hydroxyl groups is 1. The van der Waals surface area contributed by atoms with Crippen molar-refractivity contribution in [1.82, 2.24) is 19.3 Å². The highest BCUT2D eigenvalue weighted by atomic mass is 79.9. The maximum atomic E-state index is 13.8. The number of fused-ring (bicyclic) bond motifs is 3. The van der Waals surface area contributed by atoms with Gasteiger partial charge in [0.25, 0.3) is 0 Å². The monoisotopic (exact) mass is 484 g/mol. The van der Waals surface area contributed by atoms with Gasteiger partial charge in [0.05, 0.1) is 12.2 Å². The van der Waals surface area contributed by atoms with E-state index in [1.165, 1.54) is 24.3 Å². The maximum Gasteiger partial charge on any atom is 0.242 e. The fourth-order valence-corrected chi connectivity index (χ4v) is 4.75. The van der Waals surface area contributed by atoms with Crippen molar-refractivity contribution in [3.05, 3.63) is 98.5 Å². The van der Waals surface area contributed by atoms with E-state index in [0.29, 0.717) is 16.8 Å². The van der Waals surface area contributed by atoms with E-state index in [0.717, 1.165) is 17.3 Å². The van der Waals surface area contributed by atoms with Crippen LogP contribution in [0.1, 0.15) is 23.1 Å². The SMILES string of the molecule is O=c1cnn2c(c1O)-c1nccn1C[C@@H]2[C@H](c1ccc(F)cc1)c1ccc(F)cc1Br. The van der Waals surface area contributed by atoms with Crippen molar-refractivity contribution in [2.45, 2.75) is 18.5 Å². The molecular weight excluding hydrogens is 470 g/mol. The highest BCUT2D eigenvalue weighted by molar-refractivity contribution is 9.10. The van der Waals surface area contributed by atoms with Gasteiger partial charge < -0.3 is 9.67 Å².